The molecule has 0 aliphatic carbocycles. The van der Waals surface area contributed by atoms with Gasteiger partial charge in [0, 0.05) is 43.4 Å². The van der Waals surface area contributed by atoms with E-state index in [1.165, 1.54) is 24.3 Å². The van der Waals surface area contributed by atoms with Crippen molar-refractivity contribution in [3.63, 3.8) is 0 Å². The number of nitrogens with one attached hydrogen (secondary N) is 1. The van der Waals surface area contributed by atoms with E-state index in [0.29, 0.717) is 19.6 Å². The van der Waals surface area contributed by atoms with E-state index >= 15 is 0 Å². The van der Waals surface area contributed by atoms with Crippen LogP contribution in [-0.2, 0) is 6.54 Å². The van der Waals surface area contributed by atoms with Crippen LogP contribution in [0.1, 0.15) is 28.4 Å². The van der Waals surface area contributed by atoms with Gasteiger partial charge in [0.05, 0.1) is 4.92 Å². The maximum absolute atomic E-state index is 12.9. The second-order valence-electron chi connectivity index (χ2n) is 7.84. The fourth-order valence-electron chi connectivity index (χ4n) is 4.55. The van der Waals surface area contributed by atoms with Crippen molar-refractivity contribution in [1.82, 2.24) is 14.8 Å². The lowest BCUT2D eigenvalue weighted by molar-refractivity contribution is -0.385. The number of halogens is 3. The molecule has 2 bridgehead atoms. The van der Waals surface area contributed by atoms with Gasteiger partial charge in [-0.25, -0.2) is 0 Å². The number of alkyl halides is 3. The molecule has 2 aromatic rings. The van der Waals surface area contributed by atoms with E-state index in [4.69, 9.17) is 34.8 Å². The summed E-state index contributed by atoms with van der Waals surface area (Å²) in [4.78, 5) is 37.7. The van der Waals surface area contributed by atoms with Gasteiger partial charge < -0.3 is 9.88 Å². The number of piperidine rings is 1. The number of rotatable bonds is 4. The maximum Gasteiger partial charge on any atom is 0.282 e. The molecule has 1 saturated heterocycles. The Morgan fingerprint density at radius 2 is 1.87 bits per heavy atom. The Morgan fingerprint density at radius 1 is 1.13 bits per heavy atom. The topological polar surface area (TPSA) is 97.5 Å². The largest absolute Gasteiger partial charge is 0.332 e. The molecule has 2 aliphatic heterocycles. The summed E-state index contributed by atoms with van der Waals surface area (Å²) < 4.78 is -0.0896. The van der Waals surface area contributed by atoms with Crippen molar-refractivity contribution in [1.29, 1.82) is 0 Å². The average molecular weight is 486 g/mol. The zero-order valence-corrected chi connectivity index (χ0v) is 18.5. The van der Waals surface area contributed by atoms with Gasteiger partial charge in [-0.1, -0.05) is 53.0 Å². The number of hydrogen-bond acceptors (Lipinski definition) is 5. The molecule has 8 nitrogen and oxygen atoms in total. The zero-order valence-electron chi connectivity index (χ0n) is 16.2. The van der Waals surface area contributed by atoms with E-state index < -0.39 is 20.8 Å². The molecule has 1 amide bonds. The number of nitro benzene ring substituents is 1. The molecule has 2 aliphatic rings. The third-order valence-corrected chi connectivity index (χ3v) is 6.42. The van der Waals surface area contributed by atoms with Crippen LogP contribution in [0.5, 0.6) is 0 Å². The standard InChI is InChI=1S/C20H19Cl3N4O4/c21-20(22,23)19(24-18(29)14-4-1-2-5-16(14)27(30)31)25-9-12-8-13(11-25)15-6-3-7-17(28)26(15)10-12/h1-7,12-13,19H,8-11H2,(H,24,29)/t12-,13+,19-/m0/s1. The summed E-state index contributed by atoms with van der Waals surface area (Å²) in [5.41, 5.74) is 0.442. The molecule has 0 unspecified atom stereocenters. The van der Waals surface area contributed by atoms with Crippen molar-refractivity contribution in [3.8, 4) is 0 Å². The van der Waals surface area contributed by atoms with Gasteiger partial charge in [-0.2, -0.15) is 0 Å². The molecule has 0 spiro atoms. The van der Waals surface area contributed by atoms with E-state index in [0.717, 1.165) is 12.1 Å². The molecule has 31 heavy (non-hydrogen) atoms. The highest BCUT2D eigenvalue weighted by atomic mass is 35.6. The van der Waals surface area contributed by atoms with Crippen LogP contribution in [-0.4, -0.2) is 43.3 Å². The number of carbonyl (C=O) groups is 1. The summed E-state index contributed by atoms with van der Waals surface area (Å²) in [6, 6.07) is 10.8. The Kier molecular flexibility index (Phi) is 6.00. The molecule has 4 rings (SSSR count). The van der Waals surface area contributed by atoms with E-state index in [-0.39, 0.29) is 28.6 Å². The van der Waals surface area contributed by atoms with Crippen LogP contribution in [0.4, 0.5) is 5.69 Å². The summed E-state index contributed by atoms with van der Waals surface area (Å²) in [5.74, 6) is -0.514. The highest BCUT2D eigenvalue weighted by Gasteiger charge is 2.44. The van der Waals surface area contributed by atoms with Gasteiger partial charge in [-0.3, -0.25) is 24.6 Å². The van der Waals surface area contributed by atoms with Crippen molar-refractivity contribution in [2.75, 3.05) is 13.1 Å². The number of benzene rings is 1. The van der Waals surface area contributed by atoms with E-state index in [1.807, 2.05) is 11.0 Å². The van der Waals surface area contributed by atoms with Gasteiger partial charge in [-0.05, 0) is 24.5 Å². The second-order valence-corrected chi connectivity index (χ2v) is 10.2. The fourth-order valence-corrected chi connectivity index (χ4v) is 5.13. The van der Waals surface area contributed by atoms with E-state index in [1.54, 1.807) is 16.7 Å². The molecule has 3 heterocycles. The summed E-state index contributed by atoms with van der Waals surface area (Å²) in [6.07, 6.45) is -0.109. The molecule has 164 valence electrons. The fraction of sp³-hybridized carbons (Fsp3) is 0.400. The highest BCUT2D eigenvalue weighted by molar-refractivity contribution is 6.68. The number of nitro groups is 1. The number of amides is 1. The maximum atomic E-state index is 12.9. The highest BCUT2D eigenvalue weighted by Crippen LogP contribution is 2.40. The monoisotopic (exact) mass is 484 g/mol. The molecule has 1 N–H and O–H groups in total. The SMILES string of the molecule is O=C(N[C@@H](N1C[C@@H]2C[C@H](C1)c1cccc(=O)n1C2)C(Cl)(Cl)Cl)c1ccccc1[N+](=O)[O-]. The number of carbonyl (C=O) groups excluding carboxylic acids is 1. The lowest BCUT2D eigenvalue weighted by Crippen LogP contribution is -2.60. The number of hydrogen-bond donors (Lipinski definition) is 1. The Balaban J connectivity index is 1.61. The van der Waals surface area contributed by atoms with Crippen LogP contribution in [0.2, 0.25) is 0 Å². The number of fused-ring (bicyclic) bond motifs is 4. The minimum Gasteiger partial charge on any atom is -0.332 e. The first-order valence-corrected chi connectivity index (χ1v) is 10.8. The van der Waals surface area contributed by atoms with Crippen molar-refractivity contribution >= 4 is 46.4 Å². The van der Waals surface area contributed by atoms with Gasteiger partial charge in [0.25, 0.3) is 17.2 Å². The number of para-hydroxylation sites is 1. The minimum absolute atomic E-state index is 0.0386. The Labute approximate surface area is 192 Å². The van der Waals surface area contributed by atoms with Crippen LogP contribution in [0, 0.1) is 16.0 Å². The molecule has 0 radical (unpaired) electrons. The quantitative estimate of drug-likeness (QED) is 0.407. The van der Waals surface area contributed by atoms with Gasteiger partial charge in [-0.15, -0.1) is 0 Å². The van der Waals surface area contributed by atoms with Gasteiger partial charge in [0.15, 0.2) is 0 Å². The van der Waals surface area contributed by atoms with Crippen LogP contribution < -0.4 is 10.9 Å². The smallest absolute Gasteiger partial charge is 0.282 e. The van der Waals surface area contributed by atoms with E-state index in [2.05, 4.69) is 5.32 Å². The summed E-state index contributed by atoms with van der Waals surface area (Å²) in [5, 5.41) is 14.0. The first-order valence-electron chi connectivity index (χ1n) is 9.70. The summed E-state index contributed by atoms with van der Waals surface area (Å²) in [6.45, 7) is 1.52. The number of aromatic nitrogens is 1. The van der Waals surface area contributed by atoms with Crippen molar-refractivity contribution < 1.29 is 9.72 Å². The molecular weight excluding hydrogens is 467 g/mol. The molecular formula is C20H19Cl3N4O4. The van der Waals surface area contributed by atoms with Gasteiger partial charge in [0.2, 0.25) is 3.79 Å². The van der Waals surface area contributed by atoms with Crippen LogP contribution in [0.3, 0.4) is 0 Å². The molecule has 0 saturated carbocycles. The third-order valence-electron chi connectivity index (χ3n) is 5.80. The lowest BCUT2D eigenvalue weighted by atomic mass is 9.83. The summed E-state index contributed by atoms with van der Waals surface area (Å²) >= 11 is 18.7. The third kappa shape index (κ3) is 4.43. The van der Waals surface area contributed by atoms with E-state index in [9.17, 15) is 19.7 Å². The number of likely N-dealkylation sites (tertiary alicyclic amines) is 1. The van der Waals surface area contributed by atoms with Gasteiger partial charge >= 0.3 is 0 Å². The number of nitrogens with zero attached hydrogens (tertiary/aromatic N) is 3. The first-order chi connectivity index (χ1) is 14.6. The minimum atomic E-state index is -1.87. The average Bonchev–Trinajstić information content (AvgIpc) is 2.71. The number of pyridine rings is 1. The van der Waals surface area contributed by atoms with Crippen molar-refractivity contribution in [2.24, 2.45) is 5.92 Å². The lowest BCUT2D eigenvalue weighted by Gasteiger charge is -2.47. The Hall–Kier alpha value is -2.13. The van der Waals surface area contributed by atoms with Crippen LogP contribution >= 0.6 is 34.8 Å². The Bertz CT molecular complexity index is 1080. The molecule has 11 heteroatoms. The normalized spacial score (nSPS) is 21.8. The van der Waals surface area contributed by atoms with Gasteiger partial charge in [0.1, 0.15) is 11.7 Å². The predicted octanol–water partition coefficient (Wildman–Crippen LogP) is 3.30. The van der Waals surface area contributed by atoms with Crippen molar-refractivity contribution in [3.05, 3.63) is 74.2 Å². The second kappa shape index (κ2) is 8.43. The van der Waals surface area contributed by atoms with Crippen LogP contribution in [0.15, 0.2) is 47.3 Å². The van der Waals surface area contributed by atoms with Crippen molar-refractivity contribution in [2.45, 2.75) is 28.8 Å². The molecule has 1 aromatic heterocycles. The molecule has 3 atom stereocenters. The predicted molar refractivity (Wildman–Crippen MR) is 118 cm³/mol. The Morgan fingerprint density at radius 3 is 2.58 bits per heavy atom. The van der Waals surface area contributed by atoms with Crippen LogP contribution in [0.25, 0.3) is 0 Å². The molecule has 1 fully saturated rings. The first kappa shape index (κ1) is 22.1. The molecule has 1 aromatic carbocycles. The summed E-state index contributed by atoms with van der Waals surface area (Å²) in [7, 11) is 0. The zero-order chi connectivity index (χ0) is 22.3.